The molecule has 0 saturated carbocycles. The number of rotatable bonds is 9. The molecule has 1 amide bonds. The number of carbonyl (C=O) groups is 1. The fourth-order valence-corrected chi connectivity index (χ4v) is 3.41. The first kappa shape index (κ1) is 21.8. The molecule has 0 aliphatic carbocycles. The molecule has 1 atom stereocenters. The van der Waals surface area contributed by atoms with Crippen LogP contribution in [0.3, 0.4) is 0 Å². The lowest BCUT2D eigenvalue weighted by atomic mass is 10.1. The number of benzene rings is 2. The average molecular weight is 417 g/mol. The van der Waals surface area contributed by atoms with Gasteiger partial charge in [0.15, 0.2) is 11.5 Å². The van der Waals surface area contributed by atoms with Crippen molar-refractivity contribution in [3.63, 3.8) is 0 Å². The minimum atomic E-state index is -0.886. The fraction of sp³-hybridized carbons (Fsp3) is 0.348. The van der Waals surface area contributed by atoms with Gasteiger partial charge in [0, 0.05) is 19.7 Å². The molecule has 0 unspecified atom stereocenters. The van der Waals surface area contributed by atoms with Crippen LogP contribution in [0, 0.1) is 11.6 Å². The van der Waals surface area contributed by atoms with Crippen molar-refractivity contribution in [2.24, 2.45) is 0 Å². The molecule has 1 aliphatic heterocycles. The average Bonchev–Trinajstić information content (AvgIpc) is 3.25. The van der Waals surface area contributed by atoms with Crippen LogP contribution in [0.15, 0.2) is 49.1 Å². The van der Waals surface area contributed by atoms with E-state index in [4.69, 9.17) is 14.2 Å². The van der Waals surface area contributed by atoms with Crippen LogP contribution < -0.4 is 9.47 Å². The molecular formula is C23H25F2NO4. The van der Waals surface area contributed by atoms with Crippen LogP contribution in [0.25, 0.3) is 0 Å². The van der Waals surface area contributed by atoms with Crippen LogP contribution >= 0.6 is 0 Å². The fourth-order valence-electron chi connectivity index (χ4n) is 3.41. The van der Waals surface area contributed by atoms with Gasteiger partial charge in [-0.15, -0.1) is 0 Å². The Bertz CT molecular complexity index is 877. The summed E-state index contributed by atoms with van der Waals surface area (Å²) in [6.45, 7) is 4.94. The molecule has 1 saturated heterocycles. The summed E-state index contributed by atoms with van der Waals surface area (Å²) < 4.78 is 45.0. The molecule has 3 rings (SSSR count). The first-order valence-electron chi connectivity index (χ1n) is 9.79. The molecular weight excluding hydrogens is 392 g/mol. The quantitative estimate of drug-likeness (QED) is 0.569. The van der Waals surface area contributed by atoms with Crippen molar-refractivity contribution in [1.82, 2.24) is 4.90 Å². The van der Waals surface area contributed by atoms with Crippen molar-refractivity contribution in [1.29, 1.82) is 0 Å². The third kappa shape index (κ3) is 5.16. The van der Waals surface area contributed by atoms with E-state index in [0.717, 1.165) is 30.5 Å². The second kappa shape index (κ2) is 10.2. The molecule has 30 heavy (non-hydrogen) atoms. The van der Waals surface area contributed by atoms with E-state index in [0.29, 0.717) is 24.7 Å². The van der Waals surface area contributed by atoms with Crippen LogP contribution in [0.4, 0.5) is 8.78 Å². The minimum absolute atomic E-state index is 0.143. The van der Waals surface area contributed by atoms with Crippen molar-refractivity contribution >= 4 is 5.91 Å². The van der Waals surface area contributed by atoms with Crippen molar-refractivity contribution in [3.05, 3.63) is 71.8 Å². The highest BCUT2D eigenvalue weighted by Gasteiger charge is 2.27. The van der Waals surface area contributed by atoms with Crippen LogP contribution in [0.2, 0.25) is 0 Å². The zero-order valence-corrected chi connectivity index (χ0v) is 16.9. The van der Waals surface area contributed by atoms with E-state index in [-0.39, 0.29) is 19.2 Å². The number of amides is 1. The van der Waals surface area contributed by atoms with Gasteiger partial charge >= 0.3 is 0 Å². The van der Waals surface area contributed by atoms with E-state index in [2.05, 4.69) is 6.58 Å². The predicted octanol–water partition coefficient (Wildman–Crippen LogP) is 4.36. The SMILES string of the molecule is C=CCOc1ccc(CN(C[C@H]2CCCO2)C(=O)c2c(F)cccc2F)cc1OC. The van der Waals surface area contributed by atoms with Gasteiger partial charge in [0.2, 0.25) is 0 Å². The second-order valence-electron chi connectivity index (χ2n) is 7.00. The smallest absolute Gasteiger partial charge is 0.260 e. The summed E-state index contributed by atoms with van der Waals surface area (Å²) in [5.74, 6) is -1.45. The summed E-state index contributed by atoms with van der Waals surface area (Å²) >= 11 is 0. The molecule has 160 valence electrons. The number of ether oxygens (including phenoxy) is 3. The molecule has 1 fully saturated rings. The maximum atomic E-state index is 14.2. The first-order valence-corrected chi connectivity index (χ1v) is 9.79. The molecule has 2 aromatic rings. The Morgan fingerprint density at radius 1 is 1.27 bits per heavy atom. The number of methoxy groups -OCH3 is 1. The van der Waals surface area contributed by atoms with Gasteiger partial charge in [-0.2, -0.15) is 0 Å². The highest BCUT2D eigenvalue weighted by atomic mass is 19.1. The Morgan fingerprint density at radius 2 is 2.03 bits per heavy atom. The van der Waals surface area contributed by atoms with E-state index in [1.165, 1.54) is 18.1 Å². The summed E-state index contributed by atoms with van der Waals surface area (Å²) in [4.78, 5) is 14.5. The lowest BCUT2D eigenvalue weighted by molar-refractivity contribution is 0.0499. The third-order valence-corrected chi connectivity index (χ3v) is 4.87. The van der Waals surface area contributed by atoms with E-state index >= 15 is 0 Å². The van der Waals surface area contributed by atoms with Gasteiger partial charge in [0.05, 0.1) is 13.2 Å². The summed E-state index contributed by atoms with van der Waals surface area (Å²) in [7, 11) is 1.52. The van der Waals surface area contributed by atoms with Crippen LogP contribution in [0.1, 0.15) is 28.8 Å². The molecule has 1 heterocycles. The van der Waals surface area contributed by atoms with Crippen LogP contribution in [0.5, 0.6) is 11.5 Å². The van der Waals surface area contributed by atoms with Gasteiger partial charge in [-0.1, -0.05) is 24.8 Å². The Hall–Kier alpha value is -2.93. The predicted molar refractivity (Wildman–Crippen MR) is 109 cm³/mol. The molecule has 0 N–H and O–H groups in total. The monoisotopic (exact) mass is 417 g/mol. The molecule has 0 aromatic heterocycles. The van der Waals surface area contributed by atoms with Gasteiger partial charge < -0.3 is 19.1 Å². The largest absolute Gasteiger partial charge is 0.493 e. The number of carbonyl (C=O) groups excluding carboxylic acids is 1. The van der Waals surface area contributed by atoms with Crippen LogP contribution in [-0.2, 0) is 11.3 Å². The normalized spacial score (nSPS) is 15.6. The van der Waals surface area contributed by atoms with Gasteiger partial charge in [-0.25, -0.2) is 8.78 Å². The Kier molecular flexibility index (Phi) is 7.41. The number of nitrogens with zero attached hydrogens (tertiary/aromatic N) is 1. The van der Waals surface area contributed by atoms with Gasteiger partial charge in [0.25, 0.3) is 5.91 Å². The van der Waals surface area contributed by atoms with E-state index in [1.54, 1.807) is 24.3 Å². The lowest BCUT2D eigenvalue weighted by Gasteiger charge is -2.26. The molecule has 0 spiro atoms. The maximum absolute atomic E-state index is 14.2. The van der Waals surface area contributed by atoms with E-state index < -0.39 is 23.1 Å². The zero-order chi connectivity index (χ0) is 21.5. The van der Waals surface area contributed by atoms with E-state index in [1.807, 2.05) is 0 Å². The topological polar surface area (TPSA) is 48.0 Å². The maximum Gasteiger partial charge on any atom is 0.260 e. The molecule has 2 aromatic carbocycles. The highest BCUT2D eigenvalue weighted by Crippen LogP contribution is 2.29. The molecule has 0 bridgehead atoms. The van der Waals surface area contributed by atoms with Crippen molar-refractivity contribution < 1.29 is 27.8 Å². The minimum Gasteiger partial charge on any atom is -0.493 e. The van der Waals surface area contributed by atoms with Crippen LogP contribution in [-0.4, -0.2) is 43.8 Å². The Labute approximate surface area is 174 Å². The number of hydrogen-bond acceptors (Lipinski definition) is 4. The third-order valence-electron chi connectivity index (χ3n) is 4.87. The van der Waals surface area contributed by atoms with E-state index in [9.17, 15) is 13.6 Å². The summed E-state index contributed by atoms with van der Waals surface area (Å²) in [5.41, 5.74) is 0.175. The Morgan fingerprint density at radius 3 is 2.67 bits per heavy atom. The molecule has 0 radical (unpaired) electrons. The highest BCUT2D eigenvalue weighted by molar-refractivity contribution is 5.94. The van der Waals surface area contributed by atoms with Crippen molar-refractivity contribution in [3.8, 4) is 11.5 Å². The molecule has 1 aliphatic rings. The van der Waals surface area contributed by atoms with Gasteiger partial charge in [0.1, 0.15) is 23.8 Å². The Balaban J connectivity index is 1.87. The van der Waals surface area contributed by atoms with Crippen molar-refractivity contribution in [2.75, 3.05) is 26.9 Å². The number of halogens is 2. The van der Waals surface area contributed by atoms with Gasteiger partial charge in [-0.3, -0.25) is 4.79 Å². The first-order chi connectivity index (χ1) is 14.5. The summed E-state index contributed by atoms with van der Waals surface area (Å²) in [5, 5.41) is 0. The second-order valence-corrected chi connectivity index (χ2v) is 7.00. The lowest BCUT2D eigenvalue weighted by Crippen LogP contribution is -2.37. The van der Waals surface area contributed by atoms with Crippen molar-refractivity contribution in [2.45, 2.75) is 25.5 Å². The zero-order valence-electron chi connectivity index (χ0n) is 16.9. The number of hydrogen-bond donors (Lipinski definition) is 0. The van der Waals surface area contributed by atoms with Gasteiger partial charge in [-0.05, 0) is 42.7 Å². The standard InChI is InChI=1S/C23H25F2NO4/c1-3-11-30-20-10-9-16(13-21(20)28-2)14-26(15-17-6-5-12-29-17)23(27)22-18(24)7-4-8-19(22)25/h3-4,7-10,13,17H,1,5-6,11-12,14-15H2,2H3/t17-/m1/s1. The molecule has 5 nitrogen and oxygen atoms in total. The summed E-state index contributed by atoms with van der Waals surface area (Å²) in [6.07, 6.45) is 3.14. The molecule has 7 heteroatoms. The summed E-state index contributed by atoms with van der Waals surface area (Å²) in [6, 6.07) is 8.65.